The molecule has 0 bridgehead atoms. The van der Waals surface area contributed by atoms with Gasteiger partial charge in [-0.25, -0.2) is 9.67 Å². The van der Waals surface area contributed by atoms with Gasteiger partial charge in [-0.05, 0) is 38.3 Å². The number of anilines is 1. The van der Waals surface area contributed by atoms with Crippen molar-refractivity contribution >= 4 is 16.7 Å². The van der Waals surface area contributed by atoms with Crippen LogP contribution in [-0.4, -0.2) is 50.7 Å². The van der Waals surface area contributed by atoms with Gasteiger partial charge in [0.25, 0.3) is 5.56 Å². The lowest BCUT2D eigenvalue weighted by Crippen LogP contribution is -2.37. The van der Waals surface area contributed by atoms with E-state index in [0.29, 0.717) is 18.5 Å². The van der Waals surface area contributed by atoms with E-state index in [1.807, 2.05) is 25.1 Å². The van der Waals surface area contributed by atoms with Crippen LogP contribution in [0.2, 0.25) is 0 Å². The fraction of sp³-hybridized carbons (Fsp3) is 0.647. The molecule has 1 atom stereocenters. The van der Waals surface area contributed by atoms with Gasteiger partial charge in [-0.15, -0.1) is 0 Å². The lowest BCUT2D eigenvalue weighted by Gasteiger charge is -2.23. The summed E-state index contributed by atoms with van der Waals surface area (Å²) in [7, 11) is 3.96. The van der Waals surface area contributed by atoms with Crippen molar-refractivity contribution in [2.75, 3.05) is 25.5 Å². The minimum atomic E-state index is -0.00192. The van der Waals surface area contributed by atoms with Gasteiger partial charge < -0.3 is 4.90 Å². The highest BCUT2D eigenvalue weighted by Gasteiger charge is 2.28. The Balaban J connectivity index is 1.46. The van der Waals surface area contributed by atoms with Crippen molar-refractivity contribution in [1.82, 2.24) is 24.0 Å². The maximum atomic E-state index is 12.2. The summed E-state index contributed by atoms with van der Waals surface area (Å²) in [6.07, 6.45) is 4.63. The van der Waals surface area contributed by atoms with Gasteiger partial charge in [0.15, 0.2) is 5.82 Å². The second-order valence-electron chi connectivity index (χ2n) is 7.21. The van der Waals surface area contributed by atoms with E-state index >= 15 is 0 Å². The van der Waals surface area contributed by atoms with Crippen LogP contribution < -0.4 is 10.5 Å². The molecule has 0 radical (unpaired) electrons. The fourth-order valence-electron chi connectivity index (χ4n) is 3.37. The number of rotatable bonds is 6. The van der Waals surface area contributed by atoms with E-state index in [9.17, 15) is 4.79 Å². The molecule has 1 aliphatic carbocycles. The first kappa shape index (κ1) is 16.7. The SMILES string of the molecule is CN(C)c1nc(CN2CCCC2Cn2nc(C3CC3)ccc2=O)ns1. The summed E-state index contributed by atoms with van der Waals surface area (Å²) in [5.41, 5.74) is 1.07. The molecule has 0 aromatic carbocycles. The third kappa shape index (κ3) is 3.74. The Morgan fingerprint density at radius 3 is 2.84 bits per heavy atom. The second-order valence-corrected chi connectivity index (χ2v) is 7.94. The van der Waals surface area contributed by atoms with Crippen LogP contribution in [0.1, 0.15) is 43.1 Å². The van der Waals surface area contributed by atoms with Gasteiger partial charge in [-0.3, -0.25) is 9.69 Å². The standard InChI is InChI=1S/C17H24N6OS/c1-21(2)17-18-15(20-25-17)11-22-9-3-4-13(22)10-23-16(24)8-7-14(19-23)12-5-6-12/h7-8,12-13H,3-6,9-11H2,1-2H3. The highest BCUT2D eigenvalue weighted by molar-refractivity contribution is 7.09. The largest absolute Gasteiger partial charge is 0.353 e. The van der Waals surface area contributed by atoms with Crippen LogP contribution in [0.15, 0.2) is 16.9 Å². The topological polar surface area (TPSA) is 67.2 Å². The number of hydrogen-bond acceptors (Lipinski definition) is 7. The summed E-state index contributed by atoms with van der Waals surface area (Å²) in [5.74, 6) is 1.43. The zero-order valence-corrected chi connectivity index (χ0v) is 15.6. The van der Waals surface area contributed by atoms with Crippen molar-refractivity contribution in [3.8, 4) is 0 Å². The van der Waals surface area contributed by atoms with Crippen molar-refractivity contribution in [2.45, 2.75) is 50.7 Å². The highest BCUT2D eigenvalue weighted by Crippen LogP contribution is 2.38. The molecule has 8 heteroatoms. The molecule has 0 N–H and O–H groups in total. The molecule has 0 amide bonds. The number of nitrogens with zero attached hydrogens (tertiary/aromatic N) is 6. The Morgan fingerprint density at radius 2 is 2.12 bits per heavy atom. The van der Waals surface area contributed by atoms with Crippen LogP contribution in [0.25, 0.3) is 0 Å². The Hall–Kier alpha value is -1.80. The zero-order valence-electron chi connectivity index (χ0n) is 14.8. The first-order chi connectivity index (χ1) is 12.1. The molecule has 1 saturated carbocycles. The van der Waals surface area contributed by atoms with Crippen LogP contribution in [0, 0.1) is 0 Å². The van der Waals surface area contributed by atoms with Gasteiger partial charge in [-0.2, -0.15) is 9.47 Å². The van der Waals surface area contributed by atoms with Crippen LogP contribution in [0.3, 0.4) is 0 Å². The maximum Gasteiger partial charge on any atom is 0.266 e. The summed E-state index contributed by atoms with van der Waals surface area (Å²) >= 11 is 1.43. The monoisotopic (exact) mass is 360 g/mol. The third-order valence-corrected chi connectivity index (χ3v) is 5.87. The van der Waals surface area contributed by atoms with E-state index in [-0.39, 0.29) is 5.56 Å². The quantitative estimate of drug-likeness (QED) is 0.781. The molecule has 134 valence electrons. The molecule has 0 spiro atoms. The van der Waals surface area contributed by atoms with Gasteiger partial charge in [-0.1, -0.05) is 0 Å². The van der Waals surface area contributed by atoms with E-state index in [1.54, 1.807) is 10.7 Å². The van der Waals surface area contributed by atoms with Crippen LogP contribution >= 0.6 is 11.5 Å². The lowest BCUT2D eigenvalue weighted by atomic mass is 10.2. The highest BCUT2D eigenvalue weighted by atomic mass is 32.1. The molecule has 1 saturated heterocycles. The third-order valence-electron chi connectivity index (χ3n) is 4.95. The van der Waals surface area contributed by atoms with Crippen molar-refractivity contribution in [3.63, 3.8) is 0 Å². The molecule has 3 heterocycles. The fourth-order valence-corrected chi connectivity index (χ4v) is 3.97. The van der Waals surface area contributed by atoms with E-state index in [4.69, 9.17) is 0 Å². The normalized spacial score (nSPS) is 21.0. The number of aromatic nitrogens is 4. The number of likely N-dealkylation sites (tertiary alicyclic amines) is 1. The molecule has 1 aliphatic heterocycles. The maximum absolute atomic E-state index is 12.2. The molecular weight excluding hydrogens is 336 g/mol. The van der Waals surface area contributed by atoms with Crippen molar-refractivity contribution < 1.29 is 0 Å². The first-order valence-corrected chi connectivity index (χ1v) is 9.69. The van der Waals surface area contributed by atoms with Gasteiger partial charge in [0.05, 0.1) is 18.8 Å². The second kappa shape index (κ2) is 6.84. The molecule has 7 nitrogen and oxygen atoms in total. The Bertz CT molecular complexity index is 796. The van der Waals surface area contributed by atoms with Gasteiger partial charge in [0.1, 0.15) is 0 Å². The Morgan fingerprint density at radius 1 is 1.28 bits per heavy atom. The molecule has 25 heavy (non-hydrogen) atoms. The van der Waals surface area contributed by atoms with Gasteiger partial charge >= 0.3 is 0 Å². The first-order valence-electron chi connectivity index (χ1n) is 8.92. The molecule has 2 aromatic heterocycles. The average Bonchev–Trinajstić information content (AvgIpc) is 3.18. The minimum absolute atomic E-state index is 0.00192. The molecule has 2 aliphatic rings. The lowest BCUT2D eigenvalue weighted by molar-refractivity contribution is 0.212. The van der Waals surface area contributed by atoms with Crippen molar-refractivity contribution in [2.24, 2.45) is 0 Å². The van der Waals surface area contributed by atoms with Crippen molar-refractivity contribution in [1.29, 1.82) is 0 Å². The molecule has 2 fully saturated rings. The molecule has 1 unspecified atom stereocenters. The van der Waals surface area contributed by atoms with E-state index in [1.165, 1.54) is 24.4 Å². The predicted molar refractivity (Wildman–Crippen MR) is 98.1 cm³/mol. The Labute approximate surface area is 151 Å². The number of hydrogen-bond donors (Lipinski definition) is 0. The summed E-state index contributed by atoms with van der Waals surface area (Å²) in [6, 6.07) is 3.89. The predicted octanol–water partition coefficient (Wildman–Crippen LogP) is 1.70. The van der Waals surface area contributed by atoms with Crippen molar-refractivity contribution in [3.05, 3.63) is 34.0 Å². The minimum Gasteiger partial charge on any atom is -0.353 e. The van der Waals surface area contributed by atoms with Gasteiger partial charge in [0, 0.05) is 43.7 Å². The molecular formula is C17H24N6OS. The zero-order chi connectivity index (χ0) is 17.4. The molecule has 2 aromatic rings. The van der Waals surface area contributed by atoms with Gasteiger partial charge in [0.2, 0.25) is 5.13 Å². The Kier molecular flexibility index (Phi) is 4.56. The van der Waals surface area contributed by atoms with E-state index in [0.717, 1.165) is 42.6 Å². The van der Waals surface area contributed by atoms with Crippen LogP contribution in [0.5, 0.6) is 0 Å². The summed E-state index contributed by atoms with van der Waals surface area (Å²) in [4.78, 5) is 21.2. The average molecular weight is 360 g/mol. The molecule has 4 rings (SSSR count). The van der Waals surface area contributed by atoms with E-state index < -0.39 is 0 Å². The summed E-state index contributed by atoms with van der Waals surface area (Å²) in [6.45, 7) is 2.42. The summed E-state index contributed by atoms with van der Waals surface area (Å²) in [5, 5.41) is 5.54. The van der Waals surface area contributed by atoms with Crippen LogP contribution in [-0.2, 0) is 13.1 Å². The van der Waals surface area contributed by atoms with Crippen LogP contribution in [0.4, 0.5) is 5.13 Å². The van der Waals surface area contributed by atoms with E-state index in [2.05, 4.69) is 19.4 Å². The smallest absolute Gasteiger partial charge is 0.266 e. The summed E-state index contributed by atoms with van der Waals surface area (Å²) < 4.78 is 6.13.